The summed E-state index contributed by atoms with van der Waals surface area (Å²) in [6, 6.07) is 47.1. The number of aromatic nitrogens is 7. The van der Waals surface area contributed by atoms with E-state index in [4.69, 9.17) is 9.97 Å². The van der Waals surface area contributed by atoms with Crippen molar-refractivity contribution in [2.75, 3.05) is 0 Å². The van der Waals surface area contributed by atoms with E-state index >= 15 is 0 Å². The Morgan fingerprint density at radius 2 is 1.02 bits per heavy atom. The first-order valence-corrected chi connectivity index (χ1v) is 15.5. The van der Waals surface area contributed by atoms with E-state index < -0.39 is 0 Å². The summed E-state index contributed by atoms with van der Waals surface area (Å²) in [5.74, 6) is 1.67. The summed E-state index contributed by atoms with van der Waals surface area (Å²) in [5, 5.41) is 2.29. The van der Waals surface area contributed by atoms with Gasteiger partial charge in [-0.05, 0) is 11.5 Å². The van der Waals surface area contributed by atoms with Crippen LogP contribution in [0.25, 0.3) is 72.9 Å². The van der Waals surface area contributed by atoms with Crippen molar-refractivity contribution in [2.24, 2.45) is 0 Å². The summed E-state index contributed by atoms with van der Waals surface area (Å²) in [6.07, 6.45) is 12.3. The molecule has 5 aromatic heterocycles. The second-order valence-electron chi connectivity index (χ2n) is 11.6. The number of hydrogen-bond donors (Lipinski definition) is 0. The summed E-state index contributed by atoms with van der Waals surface area (Å²) < 4.78 is 10.5. The minimum absolute atomic E-state index is 0. The molecule has 0 aliphatic rings. The number of imidazole rings is 4. The quantitative estimate of drug-likeness (QED) is 0.164. The zero-order chi connectivity index (χ0) is 30.9. The van der Waals surface area contributed by atoms with Crippen LogP contribution in [0.5, 0.6) is 0 Å². The Bertz CT molecular complexity index is 2740. The fraction of sp³-hybridized carbons (Fsp3) is 0. The predicted molar refractivity (Wildman–Crippen MR) is 185 cm³/mol. The smallest absolute Gasteiger partial charge is 0.358 e. The number of nitrogens with zero attached hydrogens (tertiary/aromatic N) is 7. The van der Waals surface area contributed by atoms with Crippen LogP contribution in [-0.4, -0.2) is 32.5 Å². The van der Waals surface area contributed by atoms with Gasteiger partial charge in [0.15, 0.2) is 0 Å². The van der Waals surface area contributed by atoms with Crippen LogP contribution in [0.2, 0.25) is 0 Å². The van der Waals surface area contributed by atoms with E-state index in [0.29, 0.717) is 0 Å². The Labute approximate surface area is 289 Å². The molecule has 0 aliphatic heterocycles. The van der Waals surface area contributed by atoms with Crippen LogP contribution in [0.1, 0.15) is 0 Å². The van der Waals surface area contributed by atoms with Gasteiger partial charge >= 0.3 is 21.1 Å². The van der Waals surface area contributed by atoms with Crippen molar-refractivity contribution < 1.29 is 21.1 Å². The van der Waals surface area contributed by atoms with Crippen molar-refractivity contribution in [3.8, 4) is 39.6 Å². The Morgan fingerprint density at radius 1 is 0.458 bits per heavy atom. The Kier molecular flexibility index (Phi) is 6.56. The van der Waals surface area contributed by atoms with Gasteiger partial charge in [0.05, 0.1) is 11.4 Å². The molecule has 5 aromatic carbocycles. The first kappa shape index (κ1) is 28.3. The molecular weight excluding hydrogens is 774 g/mol. The molecule has 0 saturated carbocycles. The number of benzene rings is 5. The van der Waals surface area contributed by atoms with E-state index in [1.807, 2.05) is 61.2 Å². The van der Waals surface area contributed by atoms with Crippen molar-refractivity contribution >= 4 is 33.4 Å². The molecule has 0 atom stereocenters. The summed E-state index contributed by atoms with van der Waals surface area (Å²) in [5.41, 5.74) is 8.86. The van der Waals surface area contributed by atoms with E-state index in [-0.39, 0.29) is 21.1 Å². The number of para-hydroxylation sites is 1. The average Bonchev–Trinajstić information content (AvgIpc) is 3.94. The van der Waals surface area contributed by atoms with Crippen LogP contribution >= 0.6 is 0 Å². The summed E-state index contributed by atoms with van der Waals surface area (Å²) in [7, 11) is 0. The van der Waals surface area contributed by atoms with E-state index in [1.165, 1.54) is 0 Å². The van der Waals surface area contributed by atoms with Gasteiger partial charge in [0.2, 0.25) is 11.6 Å². The molecule has 8 heteroatoms. The first-order chi connectivity index (χ1) is 23.3. The molecule has 0 bridgehead atoms. The molecule has 0 N–H and O–H groups in total. The van der Waals surface area contributed by atoms with E-state index in [1.54, 1.807) is 0 Å². The monoisotopic (exact) mass is 798 g/mol. The Hall–Kier alpha value is -5.91. The van der Waals surface area contributed by atoms with Crippen LogP contribution in [0, 0.1) is 12.1 Å². The number of hydrogen-bond acceptors (Lipinski definition) is 2. The van der Waals surface area contributed by atoms with Crippen molar-refractivity contribution in [1.29, 1.82) is 0 Å². The third-order valence-electron chi connectivity index (χ3n) is 8.84. The van der Waals surface area contributed by atoms with Gasteiger partial charge < -0.3 is 13.7 Å². The molecule has 48 heavy (non-hydrogen) atoms. The largest absolute Gasteiger partial charge is 2.00 e. The normalized spacial score (nSPS) is 11.6. The van der Waals surface area contributed by atoms with Crippen LogP contribution in [0.3, 0.4) is 0 Å². The standard InChI is InChI=1S/C40H25N7.Pt/c1-3-10-28(11-4-1)35-26-43-20-22-45(39(43)41-35)30-14-9-15-32(24-30)47-37-17-8-7-16-33(37)34-19-18-31(25-38(34)47)46-23-21-44-27-36(42-40(44)46)29-12-5-2-6-13-29;/h1-23,26-27H;/q-2;+2. The summed E-state index contributed by atoms with van der Waals surface area (Å²) in [4.78, 5) is 9.97. The second kappa shape index (κ2) is 11.1. The molecule has 0 radical (unpaired) electrons. The first-order valence-electron chi connectivity index (χ1n) is 15.5. The van der Waals surface area contributed by atoms with Gasteiger partial charge in [-0.15, -0.1) is 35.7 Å². The average molecular weight is 799 g/mol. The zero-order valence-electron chi connectivity index (χ0n) is 25.4. The van der Waals surface area contributed by atoms with Gasteiger partial charge in [-0.25, -0.2) is 9.97 Å². The molecule has 5 heterocycles. The maximum Gasteiger partial charge on any atom is 2.00 e. The van der Waals surface area contributed by atoms with Crippen molar-refractivity contribution in [3.05, 3.63) is 165 Å². The SMILES string of the molecule is [Pt+2].[c-]1c(-n2ccn3cc(-c4ccccc4)nc23)cccc1-n1c2[c-]c(-n3ccn4cc(-c5ccccc5)nc34)ccc2c2ccccc21. The Balaban J connectivity index is 0.00000314. The van der Waals surface area contributed by atoms with Crippen molar-refractivity contribution in [2.45, 2.75) is 0 Å². The summed E-state index contributed by atoms with van der Waals surface area (Å²) >= 11 is 0. The molecule has 0 saturated heterocycles. The van der Waals surface area contributed by atoms with Gasteiger partial charge in [-0.1, -0.05) is 101 Å². The fourth-order valence-corrected chi connectivity index (χ4v) is 6.61. The van der Waals surface area contributed by atoms with Gasteiger partial charge in [-0.3, -0.25) is 8.80 Å². The molecule has 10 aromatic rings. The Morgan fingerprint density at radius 3 is 1.67 bits per heavy atom. The molecule has 7 nitrogen and oxygen atoms in total. The van der Waals surface area contributed by atoms with Crippen LogP contribution < -0.4 is 0 Å². The molecule has 0 unspecified atom stereocenters. The van der Waals surface area contributed by atoms with E-state index in [9.17, 15) is 0 Å². The number of fused-ring (bicyclic) bond motifs is 5. The van der Waals surface area contributed by atoms with Crippen molar-refractivity contribution in [3.63, 3.8) is 0 Å². The predicted octanol–water partition coefficient (Wildman–Crippen LogP) is 8.59. The fourth-order valence-electron chi connectivity index (χ4n) is 6.61. The third kappa shape index (κ3) is 4.39. The van der Waals surface area contributed by atoms with Gasteiger partial charge in [0, 0.05) is 53.8 Å². The van der Waals surface area contributed by atoms with E-state index in [0.717, 1.165) is 72.9 Å². The van der Waals surface area contributed by atoms with Gasteiger partial charge in [0.1, 0.15) is 0 Å². The molecule has 0 fully saturated rings. The zero-order valence-corrected chi connectivity index (χ0v) is 27.7. The van der Waals surface area contributed by atoms with Crippen LogP contribution in [-0.2, 0) is 21.1 Å². The number of rotatable bonds is 5. The summed E-state index contributed by atoms with van der Waals surface area (Å²) in [6.45, 7) is 0. The third-order valence-corrected chi connectivity index (χ3v) is 8.84. The van der Waals surface area contributed by atoms with Gasteiger partial charge in [-0.2, -0.15) is 12.1 Å². The molecule has 0 spiro atoms. The minimum atomic E-state index is 0. The molecule has 0 amide bonds. The van der Waals surface area contributed by atoms with Crippen LogP contribution in [0.4, 0.5) is 0 Å². The molecule has 230 valence electrons. The van der Waals surface area contributed by atoms with Crippen LogP contribution in [0.15, 0.2) is 152 Å². The maximum absolute atomic E-state index is 4.99. The van der Waals surface area contributed by atoms with Gasteiger partial charge in [0.25, 0.3) is 0 Å². The molecular formula is C40H25N7Pt. The molecule has 10 rings (SSSR count). The minimum Gasteiger partial charge on any atom is -0.358 e. The molecule has 0 aliphatic carbocycles. The second-order valence-corrected chi connectivity index (χ2v) is 11.6. The van der Waals surface area contributed by atoms with Crippen molar-refractivity contribution in [1.82, 2.24) is 32.5 Å². The van der Waals surface area contributed by atoms with E-state index in [2.05, 4.69) is 126 Å². The topological polar surface area (TPSA) is 49.4 Å². The maximum atomic E-state index is 4.99.